The summed E-state index contributed by atoms with van der Waals surface area (Å²) in [7, 11) is 0. The van der Waals surface area contributed by atoms with Gasteiger partial charge in [0.05, 0.1) is 34.9 Å². The van der Waals surface area contributed by atoms with Crippen LogP contribution >= 0.6 is 0 Å². The van der Waals surface area contributed by atoms with E-state index < -0.39 is 34.1 Å². The highest BCUT2D eigenvalue weighted by atomic mass is 16.8. The molecule has 45 heavy (non-hydrogen) atoms. The van der Waals surface area contributed by atoms with Crippen LogP contribution in [0.15, 0.2) is 23.8 Å². The molecule has 2 N–H and O–H groups in total. The van der Waals surface area contributed by atoms with Gasteiger partial charge in [-0.3, -0.25) is 0 Å². The van der Waals surface area contributed by atoms with Crippen LogP contribution in [-0.4, -0.2) is 76.8 Å². The van der Waals surface area contributed by atoms with Crippen molar-refractivity contribution in [3.05, 3.63) is 23.8 Å². The zero-order chi connectivity index (χ0) is 31.8. The molecular weight excluding hydrogens is 576 g/mol. The number of esters is 1. The van der Waals surface area contributed by atoms with E-state index in [-0.39, 0.29) is 48.1 Å². The molecule has 6 fully saturated rings. The molecule has 250 valence electrons. The molecule has 0 aromatic rings. The summed E-state index contributed by atoms with van der Waals surface area (Å²) in [4.78, 5) is 25.1. The molecule has 0 aromatic heterocycles. The van der Waals surface area contributed by atoms with Crippen molar-refractivity contribution in [3.63, 3.8) is 0 Å². The Bertz CT molecular complexity index is 1250. The van der Waals surface area contributed by atoms with Gasteiger partial charge >= 0.3 is 5.97 Å². The highest BCUT2D eigenvalue weighted by Crippen LogP contribution is 2.70. The van der Waals surface area contributed by atoms with Crippen LogP contribution in [0.4, 0.5) is 0 Å². The van der Waals surface area contributed by atoms with Gasteiger partial charge in [0.1, 0.15) is 19.0 Å². The molecule has 4 saturated carbocycles. The quantitative estimate of drug-likeness (QED) is 0.175. The third-order valence-electron chi connectivity index (χ3n) is 13.6. The summed E-state index contributed by atoms with van der Waals surface area (Å²) >= 11 is 0. The standard InChI is InChI=1S/C36H52O9/c1-5-6-7-12-33(4)44-28-18-30(42-22(2)31(28)45-33)43-24-8-14-34(21-37)26-9-13-32(3)25(23-17-29(38)41-20-23)11-16-36(32,40)27(26)10-15-35(34,39)19-24/h5-6,17,21-22,24-28,30-31,39-40H,7-16,18-20H2,1-4H3/b6-5+/t22-,24+,25-,26+,27-,28+,30+,31-,32-,33?,34+,35+,36+/m1/s1. The third kappa shape index (κ3) is 4.85. The van der Waals surface area contributed by atoms with Crippen molar-refractivity contribution < 1.29 is 43.5 Å². The van der Waals surface area contributed by atoms with Crippen LogP contribution in [0.25, 0.3) is 0 Å². The first-order valence-corrected chi connectivity index (χ1v) is 17.5. The Morgan fingerprint density at radius 2 is 1.84 bits per heavy atom. The average molecular weight is 629 g/mol. The molecule has 9 nitrogen and oxygen atoms in total. The van der Waals surface area contributed by atoms with Gasteiger partial charge in [-0.2, -0.15) is 0 Å². The molecule has 13 atom stereocenters. The molecule has 0 radical (unpaired) electrons. The fourth-order valence-corrected chi connectivity index (χ4v) is 11.3. The number of carbonyl (C=O) groups excluding carboxylic acids is 2. The molecule has 0 bridgehead atoms. The lowest BCUT2D eigenvalue weighted by Crippen LogP contribution is -2.69. The van der Waals surface area contributed by atoms with Gasteiger partial charge in [-0.05, 0) is 102 Å². The average Bonchev–Trinajstić information content (AvgIpc) is 3.65. The monoisotopic (exact) mass is 628 g/mol. The van der Waals surface area contributed by atoms with E-state index in [9.17, 15) is 19.8 Å². The molecule has 2 saturated heterocycles. The van der Waals surface area contributed by atoms with Crippen LogP contribution < -0.4 is 0 Å². The van der Waals surface area contributed by atoms with E-state index in [4.69, 9.17) is 23.7 Å². The van der Waals surface area contributed by atoms with Crippen molar-refractivity contribution in [2.45, 2.75) is 152 Å². The van der Waals surface area contributed by atoms with Crippen molar-refractivity contribution >= 4 is 12.3 Å². The van der Waals surface area contributed by atoms with Crippen molar-refractivity contribution in [2.24, 2.45) is 28.6 Å². The number of cyclic esters (lactones) is 1. The van der Waals surface area contributed by atoms with E-state index in [1.807, 2.05) is 26.8 Å². The maximum absolute atomic E-state index is 13.2. The topological polar surface area (TPSA) is 121 Å². The number of aldehydes is 1. The maximum atomic E-state index is 13.2. The lowest BCUT2D eigenvalue weighted by Gasteiger charge is -2.65. The van der Waals surface area contributed by atoms with Gasteiger partial charge in [-0.1, -0.05) is 19.1 Å². The summed E-state index contributed by atoms with van der Waals surface area (Å²) < 4.78 is 30.9. The summed E-state index contributed by atoms with van der Waals surface area (Å²) in [5, 5.41) is 24.8. The van der Waals surface area contributed by atoms with Crippen molar-refractivity contribution in [1.29, 1.82) is 0 Å². The summed E-state index contributed by atoms with van der Waals surface area (Å²) in [5.74, 6) is -1.04. The van der Waals surface area contributed by atoms with Crippen LogP contribution in [0.5, 0.6) is 0 Å². The second-order valence-corrected chi connectivity index (χ2v) is 15.7. The Labute approximate surface area is 267 Å². The van der Waals surface area contributed by atoms with Crippen LogP contribution in [0.2, 0.25) is 0 Å². The first-order valence-electron chi connectivity index (χ1n) is 17.5. The number of ether oxygens (including phenoxy) is 5. The van der Waals surface area contributed by atoms with E-state index in [1.165, 1.54) is 0 Å². The first-order chi connectivity index (χ1) is 21.4. The van der Waals surface area contributed by atoms with Gasteiger partial charge < -0.3 is 38.7 Å². The minimum Gasteiger partial charge on any atom is -0.458 e. The lowest BCUT2D eigenvalue weighted by atomic mass is 9.41. The highest BCUT2D eigenvalue weighted by molar-refractivity contribution is 5.85. The van der Waals surface area contributed by atoms with Crippen LogP contribution in [-0.2, 0) is 33.3 Å². The summed E-state index contributed by atoms with van der Waals surface area (Å²) in [6.07, 6.45) is 13.5. The Morgan fingerprint density at radius 3 is 2.58 bits per heavy atom. The fraction of sp³-hybridized carbons (Fsp3) is 0.833. The largest absolute Gasteiger partial charge is 0.458 e. The van der Waals surface area contributed by atoms with Gasteiger partial charge in [-0.25, -0.2) is 4.79 Å². The van der Waals surface area contributed by atoms with E-state index in [0.29, 0.717) is 51.6 Å². The summed E-state index contributed by atoms with van der Waals surface area (Å²) in [6, 6.07) is 0. The second kappa shape index (κ2) is 11.2. The number of allylic oxidation sites excluding steroid dienone is 2. The second-order valence-electron chi connectivity index (χ2n) is 15.7. The molecule has 0 aromatic carbocycles. The predicted molar refractivity (Wildman–Crippen MR) is 164 cm³/mol. The van der Waals surface area contributed by atoms with Gasteiger partial charge in [-0.15, -0.1) is 0 Å². The van der Waals surface area contributed by atoms with E-state index >= 15 is 0 Å². The Hall–Kier alpha value is -1.62. The van der Waals surface area contributed by atoms with Gasteiger partial charge in [0.15, 0.2) is 12.1 Å². The zero-order valence-corrected chi connectivity index (χ0v) is 27.4. The number of carbonyl (C=O) groups is 2. The van der Waals surface area contributed by atoms with E-state index in [0.717, 1.165) is 44.0 Å². The van der Waals surface area contributed by atoms with E-state index in [1.54, 1.807) is 6.08 Å². The van der Waals surface area contributed by atoms with Crippen molar-refractivity contribution in [1.82, 2.24) is 0 Å². The number of rotatable bonds is 7. The molecule has 7 rings (SSSR count). The maximum Gasteiger partial charge on any atom is 0.331 e. The molecule has 1 unspecified atom stereocenters. The van der Waals surface area contributed by atoms with Gasteiger partial charge in [0.2, 0.25) is 0 Å². The van der Waals surface area contributed by atoms with E-state index in [2.05, 4.69) is 13.0 Å². The smallest absolute Gasteiger partial charge is 0.331 e. The molecule has 7 aliphatic rings. The molecule has 0 spiro atoms. The molecule has 0 amide bonds. The normalized spacial score (nSPS) is 52.5. The number of fused-ring (bicyclic) bond motifs is 6. The summed E-state index contributed by atoms with van der Waals surface area (Å²) in [6.45, 7) is 8.49. The van der Waals surface area contributed by atoms with Crippen LogP contribution in [0.1, 0.15) is 105 Å². The SMILES string of the molecule is C/C=C/CCC1(C)O[C@H]2[C@H](C[C@H](O[C@H]3CC[C@]4(C=O)[C@H]5CC[C@]6(C)[C@@H](C7=CC(=O)OC7)CC[C@]6(O)[C@@H]5CC[C@]4(O)C3)O[C@@H]2C)O1. The Kier molecular flexibility index (Phi) is 7.98. The predicted octanol–water partition coefficient (Wildman–Crippen LogP) is 4.91. The Morgan fingerprint density at radius 1 is 1.04 bits per heavy atom. The molecule has 4 aliphatic carbocycles. The number of hydrogen-bond acceptors (Lipinski definition) is 9. The lowest BCUT2D eigenvalue weighted by molar-refractivity contribution is -0.278. The van der Waals surface area contributed by atoms with Gasteiger partial charge in [0, 0.05) is 30.8 Å². The highest BCUT2D eigenvalue weighted by Gasteiger charge is 2.71. The third-order valence-corrected chi connectivity index (χ3v) is 13.6. The zero-order valence-electron chi connectivity index (χ0n) is 27.4. The Balaban J connectivity index is 1.04. The molecule has 3 heterocycles. The fourth-order valence-electron chi connectivity index (χ4n) is 11.3. The first kappa shape index (κ1) is 32.0. The van der Waals surface area contributed by atoms with Gasteiger partial charge in [0.25, 0.3) is 0 Å². The molecule has 3 aliphatic heterocycles. The molecule has 9 heteroatoms. The number of hydrogen-bond donors (Lipinski definition) is 2. The summed E-state index contributed by atoms with van der Waals surface area (Å²) in [5.41, 5.74) is -2.47. The minimum absolute atomic E-state index is 0.0797. The number of aliphatic hydroxyl groups is 2. The molecular formula is C36H52O9. The minimum atomic E-state index is -1.20. The van der Waals surface area contributed by atoms with Crippen molar-refractivity contribution in [2.75, 3.05) is 6.61 Å². The van der Waals surface area contributed by atoms with Crippen LogP contribution in [0.3, 0.4) is 0 Å². The van der Waals surface area contributed by atoms with Crippen LogP contribution in [0, 0.1) is 28.6 Å². The van der Waals surface area contributed by atoms with Crippen molar-refractivity contribution in [3.8, 4) is 0 Å².